The van der Waals surface area contributed by atoms with Crippen LogP contribution in [0, 0.1) is 0 Å². The third-order valence-corrected chi connectivity index (χ3v) is 4.42. The van der Waals surface area contributed by atoms with Crippen molar-refractivity contribution in [2.24, 2.45) is 0 Å². The van der Waals surface area contributed by atoms with E-state index in [1.165, 1.54) is 12.1 Å². The molecule has 0 radical (unpaired) electrons. The van der Waals surface area contributed by atoms with Crippen molar-refractivity contribution in [1.82, 2.24) is 4.90 Å². The van der Waals surface area contributed by atoms with Crippen molar-refractivity contribution < 1.29 is 24.6 Å². The van der Waals surface area contributed by atoms with E-state index in [-0.39, 0.29) is 29.5 Å². The number of aromatic hydroxyl groups is 1. The highest BCUT2D eigenvalue weighted by molar-refractivity contribution is 6.22. The molecule has 1 unspecified atom stereocenters. The molecule has 1 aromatic carbocycles. The molecule has 0 bridgehead atoms. The molecule has 2 heterocycles. The summed E-state index contributed by atoms with van der Waals surface area (Å²) in [5.41, 5.74) is -0.140. The Bertz CT molecular complexity index is 666. The summed E-state index contributed by atoms with van der Waals surface area (Å²) in [5, 5.41) is 18.6. The Kier molecular flexibility index (Phi) is 4.04. The average molecular weight is 318 g/mol. The smallest absolute Gasteiger partial charge is 0.339 e. The van der Waals surface area contributed by atoms with Gasteiger partial charge in [0.1, 0.15) is 11.3 Å². The lowest BCUT2D eigenvalue weighted by molar-refractivity contribution is -0.123. The minimum atomic E-state index is -1.31. The minimum Gasteiger partial charge on any atom is -0.507 e. The van der Waals surface area contributed by atoms with Gasteiger partial charge in [-0.15, -0.1) is 0 Å². The average Bonchev–Trinajstić information content (AvgIpc) is 2.83. The number of hydrogen-bond acceptors (Lipinski definition) is 5. The van der Waals surface area contributed by atoms with Crippen LogP contribution in [0.1, 0.15) is 36.0 Å². The Hall–Kier alpha value is -2.41. The maximum Gasteiger partial charge on any atom is 0.339 e. The first-order valence-electron chi connectivity index (χ1n) is 7.66. The number of carboxylic acids is 1. The third kappa shape index (κ3) is 2.79. The van der Waals surface area contributed by atoms with Crippen LogP contribution in [0.5, 0.6) is 5.75 Å². The summed E-state index contributed by atoms with van der Waals surface area (Å²) < 4.78 is 0. The molecule has 2 amide bonds. The SMILES string of the molecule is O=C(O)c1cc(N2C(=O)CC(N3CCCCC3)C2=O)ccc1O. The lowest BCUT2D eigenvalue weighted by Gasteiger charge is -2.30. The number of rotatable bonds is 3. The molecule has 2 aliphatic rings. The molecular weight excluding hydrogens is 300 g/mol. The fourth-order valence-electron chi connectivity index (χ4n) is 3.24. The molecule has 1 aromatic rings. The second-order valence-electron chi connectivity index (χ2n) is 5.89. The Labute approximate surface area is 133 Å². The fraction of sp³-hybridized carbons (Fsp3) is 0.438. The van der Waals surface area contributed by atoms with Crippen molar-refractivity contribution in [2.45, 2.75) is 31.7 Å². The Morgan fingerprint density at radius 2 is 1.83 bits per heavy atom. The van der Waals surface area contributed by atoms with Crippen molar-refractivity contribution in [2.75, 3.05) is 18.0 Å². The molecule has 7 heteroatoms. The van der Waals surface area contributed by atoms with Crippen LogP contribution in [0.4, 0.5) is 5.69 Å². The molecule has 3 rings (SSSR count). The third-order valence-electron chi connectivity index (χ3n) is 4.42. The molecule has 0 aromatic heterocycles. The van der Waals surface area contributed by atoms with Gasteiger partial charge >= 0.3 is 5.97 Å². The van der Waals surface area contributed by atoms with E-state index in [2.05, 4.69) is 0 Å². The number of aromatic carboxylic acids is 1. The van der Waals surface area contributed by atoms with Gasteiger partial charge in [-0.05, 0) is 44.1 Å². The standard InChI is InChI=1S/C16H18N2O5/c19-13-5-4-10(8-11(13)16(22)23)18-14(20)9-12(15(18)21)17-6-2-1-3-7-17/h4-5,8,12,19H,1-3,6-7,9H2,(H,22,23). The van der Waals surface area contributed by atoms with Crippen molar-refractivity contribution in [3.05, 3.63) is 23.8 Å². The van der Waals surface area contributed by atoms with E-state index < -0.39 is 17.8 Å². The second kappa shape index (κ2) is 6.00. The number of carboxylic acid groups (broad SMARTS) is 1. The zero-order valence-corrected chi connectivity index (χ0v) is 12.6. The minimum absolute atomic E-state index is 0.113. The molecule has 2 saturated heterocycles. The van der Waals surface area contributed by atoms with E-state index in [4.69, 9.17) is 5.11 Å². The number of benzene rings is 1. The number of nitrogens with zero attached hydrogens (tertiary/aromatic N) is 2. The number of hydrogen-bond donors (Lipinski definition) is 2. The van der Waals surface area contributed by atoms with Crippen LogP contribution in [0.25, 0.3) is 0 Å². The van der Waals surface area contributed by atoms with Gasteiger partial charge in [0.15, 0.2) is 0 Å². The molecule has 2 N–H and O–H groups in total. The highest BCUT2D eigenvalue weighted by atomic mass is 16.4. The Morgan fingerprint density at radius 1 is 1.13 bits per heavy atom. The predicted octanol–water partition coefficient (Wildman–Crippen LogP) is 1.21. The largest absolute Gasteiger partial charge is 0.507 e. The molecule has 2 fully saturated rings. The molecule has 122 valence electrons. The summed E-state index contributed by atoms with van der Waals surface area (Å²) >= 11 is 0. The highest BCUT2D eigenvalue weighted by Crippen LogP contribution is 2.30. The molecule has 23 heavy (non-hydrogen) atoms. The van der Waals surface area contributed by atoms with Gasteiger partial charge in [-0.2, -0.15) is 0 Å². The van der Waals surface area contributed by atoms with Crippen LogP contribution in [-0.2, 0) is 9.59 Å². The number of amides is 2. The normalized spacial score (nSPS) is 22.6. The second-order valence-corrected chi connectivity index (χ2v) is 5.89. The first kappa shape index (κ1) is 15.5. The molecule has 0 saturated carbocycles. The lowest BCUT2D eigenvalue weighted by Crippen LogP contribution is -2.44. The van der Waals surface area contributed by atoms with Crippen LogP contribution < -0.4 is 4.90 Å². The van der Waals surface area contributed by atoms with Gasteiger partial charge in [0, 0.05) is 0 Å². The van der Waals surface area contributed by atoms with Crippen molar-refractivity contribution in [3.8, 4) is 5.75 Å². The van der Waals surface area contributed by atoms with Crippen LogP contribution in [0.15, 0.2) is 18.2 Å². The summed E-state index contributed by atoms with van der Waals surface area (Å²) in [6.07, 6.45) is 3.28. The van der Waals surface area contributed by atoms with E-state index in [0.29, 0.717) is 0 Å². The van der Waals surface area contributed by atoms with E-state index in [1.807, 2.05) is 4.90 Å². The van der Waals surface area contributed by atoms with Gasteiger partial charge in [-0.1, -0.05) is 6.42 Å². The van der Waals surface area contributed by atoms with Crippen molar-refractivity contribution >= 4 is 23.5 Å². The first-order chi connectivity index (χ1) is 11.0. The molecule has 0 aliphatic carbocycles. The molecule has 1 atom stereocenters. The van der Waals surface area contributed by atoms with Gasteiger partial charge in [-0.3, -0.25) is 14.5 Å². The van der Waals surface area contributed by atoms with Gasteiger partial charge in [0.05, 0.1) is 18.2 Å². The Morgan fingerprint density at radius 3 is 2.48 bits per heavy atom. The molecule has 7 nitrogen and oxygen atoms in total. The number of carbonyl (C=O) groups is 3. The van der Waals surface area contributed by atoms with Gasteiger partial charge < -0.3 is 10.2 Å². The number of imide groups is 1. The van der Waals surface area contributed by atoms with Crippen LogP contribution >= 0.6 is 0 Å². The zero-order chi connectivity index (χ0) is 16.6. The fourth-order valence-corrected chi connectivity index (χ4v) is 3.24. The number of piperidine rings is 1. The predicted molar refractivity (Wildman–Crippen MR) is 81.4 cm³/mol. The maximum atomic E-state index is 12.6. The molecule has 2 aliphatic heterocycles. The van der Waals surface area contributed by atoms with Crippen molar-refractivity contribution in [1.29, 1.82) is 0 Å². The van der Waals surface area contributed by atoms with Crippen LogP contribution in [0.2, 0.25) is 0 Å². The van der Waals surface area contributed by atoms with E-state index >= 15 is 0 Å². The van der Waals surface area contributed by atoms with Gasteiger partial charge in [-0.25, -0.2) is 9.69 Å². The maximum absolute atomic E-state index is 12.6. The first-order valence-corrected chi connectivity index (χ1v) is 7.66. The van der Waals surface area contributed by atoms with Gasteiger partial charge in [0.2, 0.25) is 5.91 Å². The monoisotopic (exact) mass is 318 g/mol. The summed E-state index contributed by atoms with van der Waals surface area (Å²) in [5.74, 6) is -2.37. The zero-order valence-electron chi connectivity index (χ0n) is 12.6. The summed E-state index contributed by atoms with van der Waals surface area (Å²) in [6.45, 7) is 1.60. The highest BCUT2D eigenvalue weighted by Gasteiger charge is 2.43. The van der Waals surface area contributed by atoms with E-state index in [9.17, 15) is 19.5 Å². The van der Waals surface area contributed by atoms with E-state index in [0.717, 1.165) is 43.3 Å². The number of anilines is 1. The van der Waals surface area contributed by atoms with E-state index in [1.54, 1.807) is 0 Å². The molecule has 0 spiro atoms. The topological polar surface area (TPSA) is 98.2 Å². The summed E-state index contributed by atoms with van der Waals surface area (Å²) in [7, 11) is 0. The molecular formula is C16H18N2O5. The number of phenols is 1. The summed E-state index contributed by atoms with van der Waals surface area (Å²) in [6, 6.07) is 3.26. The Balaban J connectivity index is 1.88. The van der Waals surface area contributed by atoms with Crippen LogP contribution in [-0.4, -0.2) is 52.0 Å². The lowest BCUT2D eigenvalue weighted by atomic mass is 10.1. The van der Waals surface area contributed by atoms with Gasteiger partial charge in [0.25, 0.3) is 5.91 Å². The summed E-state index contributed by atoms with van der Waals surface area (Å²) in [4.78, 5) is 39.1. The van der Waals surface area contributed by atoms with Crippen molar-refractivity contribution in [3.63, 3.8) is 0 Å². The quantitative estimate of drug-likeness (QED) is 0.813. The number of carbonyl (C=O) groups excluding carboxylic acids is 2. The van der Waals surface area contributed by atoms with Crippen LogP contribution in [0.3, 0.4) is 0 Å². The number of likely N-dealkylation sites (tertiary alicyclic amines) is 1.